The molecule has 0 spiro atoms. The van der Waals surface area contributed by atoms with Gasteiger partial charge in [0.05, 0.1) is 5.56 Å². The van der Waals surface area contributed by atoms with Gasteiger partial charge in [0.15, 0.2) is 30.5 Å². The van der Waals surface area contributed by atoms with Gasteiger partial charge in [-0.05, 0) is 53.6 Å². The molecule has 1 saturated carbocycles. The molecule has 0 amide bonds. The van der Waals surface area contributed by atoms with Crippen LogP contribution in [0, 0.1) is 11.3 Å². The average Bonchev–Trinajstić information content (AvgIpc) is 3.58. The normalized spacial score (nSPS) is 30.5. The first kappa shape index (κ1) is 56.9. The van der Waals surface area contributed by atoms with Crippen LogP contribution in [0.5, 0.6) is 5.75 Å². The fourth-order valence-corrected chi connectivity index (χ4v) is 11.2. The number of rotatable bonds is 16. The number of benzene rings is 1. The molecule has 0 radical (unpaired) electrons. The molecule has 2 saturated heterocycles. The zero-order valence-corrected chi connectivity index (χ0v) is 43.4. The largest absolute Gasteiger partial charge is 0.463 e. The maximum absolute atomic E-state index is 14.9. The Morgan fingerprint density at radius 2 is 1.00 bits per heavy atom. The van der Waals surface area contributed by atoms with E-state index in [1.54, 1.807) is 0 Å². The number of carbonyl (C=O) groups excluding carboxylic acids is 10. The molecule has 74 heavy (non-hydrogen) atoms. The third-order valence-electron chi connectivity index (χ3n) is 13.6. The molecular weight excluding hydrogens is 985 g/mol. The molecule has 0 unspecified atom stereocenters. The van der Waals surface area contributed by atoms with E-state index in [1.165, 1.54) is 0 Å². The fourth-order valence-electron chi connectivity index (χ4n) is 11.2. The van der Waals surface area contributed by atoms with Crippen LogP contribution in [0.1, 0.15) is 148 Å². The molecule has 1 aromatic rings. The Balaban J connectivity index is 1.61. The van der Waals surface area contributed by atoms with Crippen molar-refractivity contribution in [1.82, 2.24) is 0 Å². The van der Waals surface area contributed by atoms with Crippen LogP contribution in [-0.2, 0) is 123 Å². The number of ether oxygens (including phenoxy) is 14. The summed E-state index contributed by atoms with van der Waals surface area (Å²) in [6, 6.07) is 0. The van der Waals surface area contributed by atoms with Gasteiger partial charge in [0.25, 0.3) is 0 Å². The molecule has 24 heteroatoms. The predicted molar refractivity (Wildman–Crippen MR) is 242 cm³/mol. The zero-order chi connectivity index (χ0) is 54.7. The highest BCUT2D eigenvalue weighted by Crippen LogP contribution is 2.62. The first-order chi connectivity index (χ1) is 34.6. The van der Waals surface area contributed by atoms with E-state index in [2.05, 4.69) is 13.8 Å². The molecule has 1 aromatic carbocycles. The lowest BCUT2D eigenvalue weighted by Crippen LogP contribution is -2.63. The van der Waals surface area contributed by atoms with Crippen LogP contribution in [0.3, 0.4) is 0 Å². The highest BCUT2D eigenvalue weighted by atomic mass is 16.8. The molecule has 0 N–H and O–H groups in total. The predicted octanol–water partition coefficient (Wildman–Crippen LogP) is 3.51. The van der Waals surface area contributed by atoms with Gasteiger partial charge in [-0.25, -0.2) is 4.79 Å². The highest BCUT2D eigenvalue weighted by molar-refractivity contribution is 5.98. The van der Waals surface area contributed by atoms with Gasteiger partial charge in [0, 0.05) is 73.4 Å². The van der Waals surface area contributed by atoms with Gasteiger partial charge in [-0.1, -0.05) is 27.2 Å². The first-order valence-electron chi connectivity index (χ1n) is 24.1. The van der Waals surface area contributed by atoms with Crippen molar-refractivity contribution in [1.29, 1.82) is 0 Å². The minimum absolute atomic E-state index is 0.0831. The molecule has 0 aromatic heterocycles. The van der Waals surface area contributed by atoms with Gasteiger partial charge in [0.1, 0.15) is 37.8 Å². The fraction of sp³-hybridized carbons (Fsp3) is 0.680. The van der Waals surface area contributed by atoms with Crippen molar-refractivity contribution in [2.24, 2.45) is 11.3 Å². The third kappa shape index (κ3) is 12.6. The second-order valence-electron chi connectivity index (χ2n) is 19.7. The van der Waals surface area contributed by atoms with Crippen molar-refractivity contribution in [2.45, 2.75) is 195 Å². The molecular formula is C50H64O24. The Labute approximate surface area is 426 Å². The molecule has 3 heterocycles. The lowest BCUT2D eigenvalue weighted by molar-refractivity contribution is -0.334. The van der Waals surface area contributed by atoms with Crippen LogP contribution in [0.4, 0.5) is 0 Å². The molecule has 408 valence electrons. The number of esters is 10. The zero-order valence-electron chi connectivity index (χ0n) is 43.4. The van der Waals surface area contributed by atoms with Gasteiger partial charge in [-0.15, -0.1) is 0 Å². The lowest BCUT2D eigenvalue weighted by atomic mass is 9.49. The summed E-state index contributed by atoms with van der Waals surface area (Å²) in [6.45, 7) is 14.2. The van der Waals surface area contributed by atoms with Crippen LogP contribution >= 0.6 is 0 Å². The van der Waals surface area contributed by atoms with E-state index >= 15 is 0 Å². The minimum Gasteiger partial charge on any atom is -0.463 e. The number of carbonyl (C=O) groups is 10. The van der Waals surface area contributed by atoms with Crippen LogP contribution in [0.15, 0.2) is 0 Å². The van der Waals surface area contributed by atoms with Crippen LogP contribution in [0.2, 0.25) is 0 Å². The number of hydrogen-bond donors (Lipinski definition) is 0. The second-order valence-corrected chi connectivity index (χ2v) is 19.7. The van der Waals surface area contributed by atoms with Crippen molar-refractivity contribution < 1.29 is 114 Å². The van der Waals surface area contributed by atoms with Crippen molar-refractivity contribution in [3.8, 4) is 5.75 Å². The summed E-state index contributed by atoms with van der Waals surface area (Å²) in [5.74, 6) is -8.87. The van der Waals surface area contributed by atoms with Crippen molar-refractivity contribution >= 4 is 59.7 Å². The van der Waals surface area contributed by atoms with E-state index in [-0.39, 0.29) is 40.2 Å². The smallest absolute Gasteiger partial charge is 0.341 e. The summed E-state index contributed by atoms with van der Waals surface area (Å²) in [6.07, 6.45) is -15.2. The van der Waals surface area contributed by atoms with E-state index in [9.17, 15) is 47.9 Å². The van der Waals surface area contributed by atoms with E-state index < -0.39 is 153 Å². The van der Waals surface area contributed by atoms with E-state index in [1.807, 2.05) is 6.92 Å². The molecule has 24 nitrogen and oxygen atoms in total. The van der Waals surface area contributed by atoms with Crippen molar-refractivity contribution in [3.05, 3.63) is 27.8 Å². The third-order valence-corrected chi connectivity index (χ3v) is 13.6. The number of fused-ring (bicyclic) bond motifs is 5. The van der Waals surface area contributed by atoms with Gasteiger partial charge in [0.2, 0.25) is 25.0 Å². The van der Waals surface area contributed by atoms with E-state index in [0.717, 1.165) is 68.7 Å². The summed E-state index contributed by atoms with van der Waals surface area (Å²) >= 11 is 0. The summed E-state index contributed by atoms with van der Waals surface area (Å²) < 4.78 is 82.3. The summed E-state index contributed by atoms with van der Waals surface area (Å²) in [5, 5.41) is 0. The molecule has 2 aliphatic carbocycles. The van der Waals surface area contributed by atoms with E-state index in [4.69, 9.17) is 66.3 Å². The monoisotopic (exact) mass is 1050 g/mol. The first-order valence-corrected chi connectivity index (χ1v) is 24.1. The average molecular weight is 1050 g/mol. The van der Waals surface area contributed by atoms with Crippen molar-refractivity contribution in [3.63, 3.8) is 0 Å². The molecule has 3 fully saturated rings. The topological polar surface area (TPSA) is 300 Å². The van der Waals surface area contributed by atoms with Gasteiger partial charge in [-0.2, -0.15) is 0 Å². The Morgan fingerprint density at radius 1 is 0.554 bits per heavy atom. The minimum atomic E-state index is -1.82. The van der Waals surface area contributed by atoms with Crippen molar-refractivity contribution in [2.75, 3.05) is 13.2 Å². The van der Waals surface area contributed by atoms with Crippen LogP contribution in [-0.4, -0.2) is 134 Å². The van der Waals surface area contributed by atoms with Crippen LogP contribution in [0.25, 0.3) is 0 Å². The lowest BCUT2D eigenvalue weighted by Gasteiger charge is -2.55. The Bertz CT molecular complexity index is 2410. The Hall–Kier alpha value is -6.40. The number of cyclic esters (lactones) is 1. The van der Waals surface area contributed by atoms with Gasteiger partial charge < -0.3 is 66.3 Å². The number of hydrogen-bond acceptors (Lipinski definition) is 24. The molecule has 6 rings (SSSR count). The molecule has 5 aliphatic rings. The second kappa shape index (κ2) is 23.0. The molecule has 0 bridgehead atoms. The van der Waals surface area contributed by atoms with Gasteiger partial charge in [-0.3, -0.25) is 43.2 Å². The quantitative estimate of drug-likeness (QED) is 0.169. The SMILES string of the molecule is CC(=O)OCc1c(O[C@@H]2O[C@H](COC(C)=O)[C@@H](OC(C)=O)[C@H](OC(C)=O)[C@H]2OC(C)=O)c2c(c3c1C(=O)O[C@@H]3O[C@@H]1O[C@H](COC(C)=O)[C@@H](OC(C)=O)[C@H](OC(C)=O)[C@H]1OC(C)=O)[C@@]1(C)CCCC(C)(C)[C@@H]1CC2. The van der Waals surface area contributed by atoms with Gasteiger partial charge >= 0.3 is 59.7 Å². The van der Waals surface area contributed by atoms with Crippen LogP contribution < -0.4 is 4.74 Å². The molecule has 13 atom stereocenters. The van der Waals surface area contributed by atoms with E-state index in [0.29, 0.717) is 30.4 Å². The maximum Gasteiger partial charge on any atom is 0.341 e. The maximum atomic E-state index is 14.9. The Morgan fingerprint density at radius 3 is 1.47 bits per heavy atom. The summed E-state index contributed by atoms with van der Waals surface area (Å²) in [7, 11) is 0. The molecule has 3 aliphatic heterocycles. The summed E-state index contributed by atoms with van der Waals surface area (Å²) in [5.41, 5.74) is -0.347. The summed E-state index contributed by atoms with van der Waals surface area (Å²) in [4.78, 5) is 128. The highest BCUT2D eigenvalue weighted by Gasteiger charge is 2.59. The standard InChI is InChI=1S/C50H64O24/c1-21(51)61-18-31-35-36(46(73-45(35)60)74-48-44(69-29(9)59)42(67-27(7)57)40(65-25(5)55)33(71-48)20-63-23(3)53)37-30(14-15-34-49(10,11)16-13-17-50(34,37)12)38(31)72-47-43(68-28(8)58)41(66-26(6)56)39(64-24(4)54)32(70-47)19-62-22(2)52/h32-34,39-44,46-48H,13-20H2,1-12H3/t32-,33-,34+,39-,40-,41+,42+,43-,44-,46-,47+,48+,50+/m1/s1. The Kier molecular flexibility index (Phi) is 17.7.